The number of aliphatic hydroxyl groups is 1. The van der Waals surface area contributed by atoms with E-state index < -0.39 is 12.5 Å². The highest BCUT2D eigenvalue weighted by Gasteiger charge is 2.18. The molecular formula is C16H15BrF2N4O. The molecule has 0 aliphatic heterocycles. The van der Waals surface area contributed by atoms with Gasteiger partial charge in [-0.3, -0.25) is 4.40 Å². The van der Waals surface area contributed by atoms with Gasteiger partial charge in [0.2, 0.25) is 0 Å². The number of aromatic nitrogens is 3. The number of rotatable bonds is 4. The van der Waals surface area contributed by atoms with Crippen LogP contribution >= 0.6 is 15.9 Å². The maximum absolute atomic E-state index is 12.6. The smallest absolute Gasteiger partial charge is 0.264 e. The van der Waals surface area contributed by atoms with Crippen LogP contribution in [0.5, 0.6) is 0 Å². The SMILES string of the molecule is Cc1ccc(CC(O)C(F)F)cc1-c1cnc2c(N)nc(Br)cn12. The number of fused-ring (bicyclic) bond motifs is 1. The van der Waals surface area contributed by atoms with Gasteiger partial charge in [0, 0.05) is 18.2 Å². The third kappa shape index (κ3) is 3.11. The van der Waals surface area contributed by atoms with E-state index in [1.54, 1.807) is 28.9 Å². The van der Waals surface area contributed by atoms with Crippen molar-refractivity contribution in [2.45, 2.75) is 25.9 Å². The zero-order valence-electron chi connectivity index (χ0n) is 12.7. The third-order valence-electron chi connectivity index (χ3n) is 3.80. The number of hydrogen-bond donors (Lipinski definition) is 2. The van der Waals surface area contributed by atoms with Crippen molar-refractivity contribution in [2.75, 3.05) is 5.73 Å². The van der Waals surface area contributed by atoms with Crippen LogP contribution in [0.2, 0.25) is 0 Å². The van der Waals surface area contributed by atoms with Crippen molar-refractivity contribution in [1.29, 1.82) is 0 Å². The summed E-state index contributed by atoms with van der Waals surface area (Å²) in [6.45, 7) is 1.92. The lowest BCUT2D eigenvalue weighted by Crippen LogP contribution is -2.20. The molecule has 0 saturated carbocycles. The van der Waals surface area contributed by atoms with Crippen LogP contribution in [-0.2, 0) is 6.42 Å². The summed E-state index contributed by atoms with van der Waals surface area (Å²) in [7, 11) is 0. The number of aliphatic hydroxyl groups excluding tert-OH is 1. The van der Waals surface area contributed by atoms with Crippen LogP contribution in [0.25, 0.3) is 16.9 Å². The fourth-order valence-corrected chi connectivity index (χ4v) is 2.98. The number of nitrogen functional groups attached to an aromatic ring is 1. The predicted molar refractivity (Wildman–Crippen MR) is 91.0 cm³/mol. The van der Waals surface area contributed by atoms with Crippen molar-refractivity contribution in [3.05, 3.63) is 46.3 Å². The van der Waals surface area contributed by atoms with Gasteiger partial charge >= 0.3 is 0 Å². The molecule has 1 atom stereocenters. The molecular weight excluding hydrogens is 382 g/mol. The summed E-state index contributed by atoms with van der Waals surface area (Å²) in [4.78, 5) is 8.38. The summed E-state index contributed by atoms with van der Waals surface area (Å²) < 4.78 is 27.5. The minimum atomic E-state index is -2.77. The van der Waals surface area contributed by atoms with Crippen LogP contribution in [0.4, 0.5) is 14.6 Å². The number of nitrogens with zero attached hydrogens (tertiary/aromatic N) is 3. The van der Waals surface area contributed by atoms with Gasteiger partial charge in [-0.15, -0.1) is 0 Å². The predicted octanol–water partition coefficient (Wildman–Crippen LogP) is 3.22. The molecule has 0 fully saturated rings. The zero-order chi connectivity index (χ0) is 17.4. The Morgan fingerprint density at radius 3 is 2.83 bits per heavy atom. The molecule has 1 unspecified atom stereocenters. The Morgan fingerprint density at radius 1 is 1.38 bits per heavy atom. The lowest BCUT2D eigenvalue weighted by molar-refractivity contribution is -0.00365. The molecule has 126 valence electrons. The Labute approximate surface area is 145 Å². The van der Waals surface area contributed by atoms with Crippen LogP contribution in [0.15, 0.2) is 35.2 Å². The summed E-state index contributed by atoms with van der Waals surface area (Å²) in [5.41, 5.74) is 9.58. The molecule has 3 rings (SSSR count). The van der Waals surface area contributed by atoms with Crippen molar-refractivity contribution in [3.63, 3.8) is 0 Å². The molecule has 24 heavy (non-hydrogen) atoms. The maximum Gasteiger partial charge on any atom is 0.264 e. The van der Waals surface area contributed by atoms with Crippen molar-refractivity contribution < 1.29 is 13.9 Å². The van der Waals surface area contributed by atoms with E-state index in [1.165, 1.54) is 0 Å². The van der Waals surface area contributed by atoms with Gasteiger partial charge in [-0.2, -0.15) is 0 Å². The standard InChI is InChI=1S/C16H15BrF2N4O/c1-8-2-3-9(5-12(24)14(18)19)4-10(8)11-6-21-16-15(20)22-13(17)7-23(11)16/h2-4,6-7,12,14,24H,5H2,1H3,(H2,20,22). The molecule has 2 heterocycles. The molecule has 8 heteroatoms. The number of imidazole rings is 1. The molecule has 5 nitrogen and oxygen atoms in total. The van der Waals surface area contributed by atoms with Crippen LogP contribution in [0.3, 0.4) is 0 Å². The summed E-state index contributed by atoms with van der Waals surface area (Å²) in [6.07, 6.45) is -1.16. The molecule has 0 radical (unpaired) electrons. The van der Waals surface area contributed by atoms with Gasteiger partial charge in [-0.05, 0) is 40.0 Å². The number of halogens is 3. The van der Waals surface area contributed by atoms with Gasteiger partial charge in [0.25, 0.3) is 6.43 Å². The van der Waals surface area contributed by atoms with Crippen LogP contribution in [0.1, 0.15) is 11.1 Å². The van der Waals surface area contributed by atoms with E-state index in [9.17, 15) is 13.9 Å². The Kier molecular flexibility index (Phi) is 4.51. The summed E-state index contributed by atoms with van der Waals surface area (Å²) in [5, 5.41) is 9.42. The molecule has 0 bridgehead atoms. The Balaban J connectivity index is 2.09. The fraction of sp³-hybridized carbons (Fsp3) is 0.250. The second-order valence-corrected chi connectivity index (χ2v) is 6.35. The molecule has 3 N–H and O–H groups in total. The number of alkyl halides is 2. The first kappa shape index (κ1) is 16.8. The monoisotopic (exact) mass is 396 g/mol. The van der Waals surface area contributed by atoms with E-state index >= 15 is 0 Å². The highest BCUT2D eigenvalue weighted by Crippen LogP contribution is 2.28. The van der Waals surface area contributed by atoms with Crippen LogP contribution in [0, 0.1) is 6.92 Å². The highest BCUT2D eigenvalue weighted by molar-refractivity contribution is 9.10. The van der Waals surface area contributed by atoms with Crippen LogP contribution in [-0.4, -0.2) is 32.0 Å². The van der Waals surface area contributed by atoms with Crippen molar-refractivity contribution in [2.24, 2.45) is 0 Å². The first-order valence-electron chi connectivity index (χ1n) is 7.22. The number of nitrogens with two attached hydrogens (primary N) is 1. The van der Waals surface area contributed by atoms with E-state index in [4.69, 9.17) is 5.73 Å². The first-order valence-corrected chi connectivity index (χ1v) is 8.01. The van der Waals surface area contributed by atoms with E-state index in [2.05, 4.69) is 25.9 Å². The average Bonchev–Trinajstić information content (AvgIpc) is 2.93. The first-order chi connectivity index (χ1) is 11.4. The zero-order valence-corrected chi connectivity index (χ0v) is 14.3. The molecule has 1 aromatic carbocycles. The van der Waals surface area contributed by atoms with E-state index in [-0.39, 0.29) is 12.2 Å². The van der Waals surface area contributed by atoms with Crippen molar-refractivity contribution in [1.82, 2.24) is 14.4 Å². The molecule has 0 spiro atoms. The molecule has 0 aliphatic rings. The van der Waals surface area contributed by atoms with Crippen molar-refractivity contribution >= 4 is 27.4 Å². The lowest BCUT2D eigenvalue weighted by atomic mass is 9.99. The number of aryl methyl sites for hydroxylation is 1. The summed E-state index contributed by atoms with van der Waals surface area (Å²) in [6, 6.07) is 5.36. The second-order valence-electron chi connectivity index (χ2n) is 5.54. The average molecular weight is 397 g/mol. The fourth-order valence-electron chi connectivity index (χ4n) is 2.58. The Morgan fingerprint density at radius 2 is 2.12 bits per heavy atom. The summed E-state index contributed by atoms with van der Waals surface area (Å²) in [5.74, 6) is 0.289. The van der Waals surface area contributed by atoms with Gasteiger partial charge in [0.1, 0.15) is 10.7 Å². The largest absolute Gasteiger partial charge is 0.387 e. The number of benzene rings is 1. The normalized spacial score (nSPS) is 12.9. The van der Waals surface area contributed by atoms with Gasteiger partial charge in [0.15, 0.2) is 11.5 Å². The van der Waals surface area contributed by atoms with Crippen LogP contribution < -0.4 is 5.73 Å². The van der Waals surface area contributed by atoms with E-state index in [0.29, 0.717) is 15.8 Å². The van der Waals surface area contributed by atoms with E-state index in [0.717, 1.165) is 16.8 Å². The summed E-state index contributed by atoms with van der Waals surface area (Å²) >= 11 is 3.30. The number of anilines is 1. The maximum atomic E-state index is 12.6. The van der Waals surface area contributed by atoms with Crippen molar-refractivity contribution in [3.8, 4) is 11.3 Å². The quantitative estimate of drug-likeness (QED) is 0.709. The molecule has 3 aromatic rings. The second kappa shape index (κ2) is 6.45. The lowest BCUT2D eigenvalue weighted by Gasteiger charge is -2.12. The minimum absolute atomic E-state index is 0.116. The minimum Gasteiger partial charge on any atom is -0.387 e. The molecule has 2 aromatic heterocycles. The third-order valence-corrected chi connectivity index (χ3v) is 4.18. The Hall–Kier alpha value is -2.06. The molecule has 0 amide bonds. The van der Waals surface area contributed by atoms with Gasteiger partial charge in [0.05, 0.1) is 11.9 Å². The molecule has 0 aliphatic carbocycles. The number of hydrogen-bond acceptors (Lipinski definition) is 4. The Bertz CT molecular complexity index is 897. The van der Waals surface area contributed by atoms with Gasteiger partial charge in [-0.1, -0.05) is 12.1 Å². The van der Waals surface area contributed by atoms with E-state index in [1.807, 2.05) is 13.0 Å². The van der Waals surface area contributed by atoms with Gasteiger partial charge in [-0.25, -0.2) is 18.7 Å². The topological polar surface area (TPSA) is 76.4 Å². The van der Waals surface area contributed by atoms with Gasteiger partial charge < -0.3 is 10.8 Å². The highest BCUT2D eigenvalue weighted by atomic mass is 79.9. The molecule has 0 saturated heterocycles.